The molecule has 1 aromatic heterocycles. The van der Waals surface area contributed by atoms with Gasteiger partial charge in [-0.25, -0.2) is 17.9 Å². The standard InChI is InChI=1S/C19H20N2O4S/c1-13-10-16(19(22)25-3)5-7-18(13)26(23,24)20-12-14-4-6-17-15(11-14)8-9-21(17)2/h4-11,20H,12H2,1-3H3. The monoisotopic (exact) mass is 372 g/mol. The van der Waals surface area contributed by atoms with Gasteiger partial charge in [0.1, 0.15) is 0 Å². The predicted molar refractivity (Wildman–Crippen MR) is 99.5 cm³/mol. The Bertz CT molecular complexity index is 1080. The van der Waals surface area contributed by atoms with Crippen LogP contribution in [0.2, 0.25) is 0 Å². The SMILES string of the molecule is COC(=O)c1ccc(S(=O)(=O)NCc2ccc3c(ccn3C)c2)c(C)c1. The summed E-state index contributed by atoms with van der Waals surface area (Å²) in [5.41, 5.74) is 2.76. The van der Waals surface area contributed by atoms with Crippen LogP contribution in [0.15, 0.2) is 53.6 Å². The Morgan fingerprint density at radius 3 is 2.62 bits per heavy atom. The lowest BCUT2D eigenvalue weighted by molar-refractivity contribution is 0.0600. The normalized spacial score (nSPS) is 11.7. The predicted octanol–water partition coefficient (Wildman–Crippen LogP) is 2.75. The van der Waals surface area contributed by atoms with Crippen molar-refractivity contribution in [3.63, 3.8) is 0 Å². The van der Waals surface area contributed by atoms with E-state index < -0.39 is 16.0 Å². The Labute approximate surface area is 152 Å². The fourth-order valence-electron chi connectivity index (χ4n) is 2.89. The zero-order valence-corrected chi connectivity index (χ0v) is 15.6. The molecule has 0 unspecified atom stereocenters. The van der Waals surface area contributed by atoms with Gasteiger partial charge in [-0.15, -0.1) is 0 Å². The summed E-state index contributed by atoms with van der Waals surface area (Å²) >= 11 is 0. The van der Waals surface area contributed by atoms with Crippen molar-refractivity contribution < 1.29 is 17.9 Å². The Kier molecular flexibility index (Phi) is 4.84. The van der Waals surface area contributed by atoms with E-state index in [0.717, 1.165) is 16.5 Å². The van der Waals surface area contributed by atoms with Crippen molar-refractivity contribution in [3.8, 4) is 0 Å². The van der Waals surface area contributed by atoms with Gasteiger partial charge < -0.3 is 9.30 Å². The summed E-state index contributed by atoms with van der Waals surface area (Å²) in [5.74, 6) is -0.499. The van der Waals surface area contributed by atoms with E-state index in [1.165, 1.54) is 25.3 Å². The van der Waals surface area contributed by atoms with E-state index in [9.17, 15) is 13.2 Å². The molecule has 0 fully saturated rings. The van der Waals surface area contributed by atoms with Gasteiger partial charge in [0.25, 0.3) is 0 Å². The molecule has 6 nitrogen and oxygen atoms in total. The molecule has 136 valence electrons. The molecule has 0 bridgehead atoms. The van der Waals surface area contributed by atoms with Gasteiger partial charge in [0.2, 0.25) is 10.0 Å². The highest BCUT2D eigenvalue weighted by Gasteiger charge is 2.18. The minimum absolute atomic E-state index is 0.144. The number of rotatable bonds is 5. The third-order valence-electron chi connectivity index (χ3n) is 4.30. The molecule has 1 heterocycles. The number of methoxy groups -OCH3 is 1. The number of esters is 1. The number of aryl methyl sites for hydroxylation is 2. The minimum Gasteiger partial charge on any atom is -0.465 e. The van der Waals surface area contributed by atoms with Gasteiger partial charge in [0.15, 0.2) is 0 Å². The molecule has 0 saturated carbocycles. The van der Waals surface area contributed by atoms with Crippen LogP contribution in [0.1, 0.15) is 21.5 Å². The first-order chi connectivity index (χ1) is 12.3. The third-order valence-corrected chi connectivity index (χ3v) is 5.86. The van der Waals surface area contributed by atoms with Crippen LogP contribution >= 0.6 is 0 Å². The molecular formula is C19H20N2O4S. The lowest BCUT2D eigenvalue weighted by Gasteiger charge is -2.11. The van der Waals surface area contributed by atoms with E-state index in [1.54, 1.807) is 6.92 Å². The average molecular weight is 372 g/mol. The molecule has 3 aromatic rings. The first-order valence-electron chi connectivity index (χ1n) is 8.04. The molecule has 0 aliphatic carbocycles. The second kappa shape index (κ2) is 6.93. The van der Waals surface area contributed by atoms with Crippen molar-refractivity contribution in [2.75, 3.05) is 7.11 Å². The highest BCUT2D eigenvalue weighted by molar-refractivity contribution is 7.89. The summed E-state index contributed by atoms with van der Waals surface area (Å²) in [6.07, 6.45) is 1.96. The van der Waals surface area contributed by atoms with Gasteiger partial charge in [-0.3, -0.25) is 0 Å². The highest BCUT2D eigenvalue weighted by atomic mass is 32.2. The van der Waals surface area contributed by atoms with Gasteiger partial charge in [-0.2, -0.15) is 0 Å². The van der Waals surface area contributed by atoms with Gasteiger partial charge in [-0.05, 0) is 59.8 Å². The van der Waals surface area contributed by atoms with Crippen molar-refractivity contribution in [1.82, 2.24) is 9.29 Å². The van der Waals surface area contributed by atoms with E-state index in [-0.39, 0.29) is 11.4 Å². The largest absolute Gasteiger partial charge is 0.465 e. The molecule has 3 rings (SSSR count). The van der Waals surface area contributed by atoms with Crippen molar-refractivity contribution in [3.05, 3.63) is 65.4 Å². The van der Waals surface area contributed by atoms with E-state index >= 15 is 0 Å². The van der Waals surface area contributed by atoms with E-state index in [4.69, 9.17) is 0 Å². The molecule has 0 spiro atoms. The number of hydrogen-bond acceptors (Lipinski definition) is 4. The van der Waals surface area contributed by atoms with Gasteiger partial charge >= 0.3 is 5.97 Å². The van der Waals surface area contributed by atoms with Crippen LogP contribution in [0.5, 0.6) is 0 Å². The van der Waals surface area contributed by atoms with Crippen molar-refractivity contribution >= 4 is 26.9 Å². The number of fused-ring (bicyclic) bond motifs is 1. The molecule has 0 aliphatic rings. The third kappa shape index (κ3) is 3.49. The maximum atomic E-state index is 12.6. The summed E-state index contributed by atoms with van der Waals surface area (Å²) in [5, 5.41) is 1.06. The number of nitrogens with zero attached hydrogens (tertiary/aromatic N) is 1. The number of ether oxygens (including phenoxy) is 1. The van der Waals surface area contributed by atoms with E-state index in [2.05, 4.69) is 9.46 Å². The molecule has 0 aliphatic heterocycles. The Morgan fingerprint density at radius 2 is 1.92 bits per heavy atom. The van der Waals surface area contributed by atoms with Crippen molar-refractivity contribution in [2.24, 2.45) is 7.05 Å². The lowest BCUT2D eigenvalue weighted by atomic mass is 10.1. The number of sulfonamides is 1. The van der Waals surface area contributed by atoms with Crippen LogP contribution in [0.25, 0.3) is 10.9 Å². The number of benzene rings is 2. The van der Waals surface area contributed by atoms with Gasteiger partial charge in [0, 0.05) is 25.3 Å². The van der Waals surface area contributed by atoms with Crippen LogP contribution in [0.3, 0.4) is 0 Å². The second-order valence-corrected chi connectivity index (χ2v) is 7.85. The smallest absolute Gasteiger partial charge is 0.337 e. The van der Waals surface area contributed by atoms with E-state index in [0.29, 0.717) is 11.1 Å². The summed E-state index contributed by atoms with van der Waals surface area (Å²) in [7, 11) is -0.445. The van der Waals surface area contributed by atoms with Crippen LogP contribution < -0.4 is 4.72 Å². The van der Waals surface area contributed by atoms with Crippen molar-refractivity contribution in [1.29, 1.82) is 0 Å². The van der Waals surface area contributed by atoms with Gasteiger partial charge in [0.05, 0.1) is 17.6 Å². The van der Waals surface area contributed by atoms with Gasteiger partial charge in [-0.1, -0.05) is 6.07 Å². The molecule has 7 heteroatoms. The Balaban J connectivity index is 1.80. The molecule has 0 atom stereocenters. The minimum atomic E-state index is -3.69. The fraction of sp³-hybridized carbons (Fsp3) is 0.211. The quantitative estimate of drug-likeness (QED) is 0.699. The lowest BCUT2D eigenvalue weighted by Crippen LogP contribution is -2.24. The fourth-order valence-corrected chi connectivity index (χ4v) is 4.14. The maximum absolute atomic E-state index is 12.6. The first-order valence-corrected chi connectivity index (χ1v) is 9.53. The summed E-state index contributed by atoms with van der Waals surface area (Å²) in [4.78, 5) is 11.7. The molecule has 26 heavy (non-hydrogen) atoms. The van der Waals surface area contributed by atoms with Crippen LogP contribution in [0, 0.1) is 6.92 Å². The van der Waals surface area contributed by atoms with Crippen LogP contribution in [0.4, 0.5) is 0 Å². The summed E-state index contributed by atoms with van der Waals surface area (Å²) in [6.45, 7) is 1.84. The molecule has 1 N–H and O–H groups in total. The Morgan fingerprint density at radius 1 is 1.15 bits per heavy atom. The van der Waals surface area contributed by atoms with Crippen LogP contribution in [-0.4, -0.2) is 26.1 Å². The second-order valence-electron chi connectivity index (χ2n) is 6.12. The molecular weight excluding hydrogens is 352 g/mol. The number of carbonyl (C=O) groups is 1. The number of aromatic nitrogens is 1. The summed E-state index contributed by atoms with van der Waals surface area (Å²) < 4.78 is 34.5. The van der Waals surface area contributed by atoms with Crippen LogP contribution in [-0.2, 0) is 28.4 Å². The molecule has 0 amide bonds. The topological polar surface area (TPSA) is 77.4 Å². The van der Waals surface area contributed by atoms with Crippen molar-refractivity contribution in [2.45, 2.75) is 18.4 Å². The molecule has 2 aromatic carbocycles. The van der Waals surface area contributed by atoms with E-state index in [1.807, 2.05) is 42.1 Å². The molecule has 0 saturated heterocycles. The number of hydrogen-bond donors (Lipinski definition) is 1. The zero-order valence-electron chi connectivity index (χ0n) is 14.8. The number of carbonyl (C=O) groups excluding carboxylic acids is 1. The maximum Gasteiger partial charge on any atom is 0.337 e. The Hall–Kier alpha value is -2.64. The summed E-state index contributed by atoms with van der Waals surface area (Å²) in [6, 6.07) is 12.2. The molecule has 0 radical (unpaired) electrons. The highest BCUT2D eigenvalue weighted by Crippen LogP contribution is 2.19. The zero-order chi connectivity index (χ0) is 18.9. The first kappa shape index (κ1) is 18.2. The average Bonchev–Trinajstić information content (AvgIpc) is 2.99. The number of nitrogens with one attached hydrogen (secondary N) is 1.